The number of fused-ring (bicyclic) bond motifs is 1. The summed E-state index contributed by atoms with van der Waals surface area (Å²) in [5.41, 5.74) is -0.0433. The van der Waals surface area contributed by atoms with Crippen LogP contribution in [0.1, 0.15) is 57.8 Å². The maximum absolute atomic E-state index is 13.3. The number of benzene rings is 2. The van der Waals surface area contributed by atoms with Crippen LogP contribution in [0.4, 0.5) is 11.4 Å². The Morgan fingerprint density at radius 3 is 2.49 bits per heavy atom. The van der Waals surface area contributed by atoms with Gasteiger partial charge in [0.05, 0.1) is 29.7 Å². The van der Waals surface area contributed by atoms with E-state index in [1.54, 1.807) is 18.2 Å². The number of thiophene rings is 1. The van der Waals surface area contributed by atoms with Gasteiger partial charge in [0.25, 0.3) is 5.69 Å². The molecule has 0 saturated heterocycles. The van der Waals surface area contributed by atoms with Crippen molar-refractivity contribution in [3.63, 3.8) is 0 Å². The van der Waals surface area contributed by atoms with Gasteiger partial charge in [0, 0.05) is 22.6 Å². The van der Waals surface area contributed by atoms with E-state index in [4.69, 9.17) is 21.1 Å². The van der Waals surface area contributed by atoms with Gasteiger partial charge in [0.15, 0.2) is 5.78 Å². The fraction of sp³-hybridized carbons (Fsp3) is 0.292. The second-order valence-electron chi connectivity index (χ2n) is 7.59. The Bertz CT molecular complexity index is 1300. The number of esters is 2. The van der Waals surface area contributed by atoms with Gasteiger partial charge in [0.1, 0.15) is 16.6 Å². The van der Waals surface area contributed by atoms with Crippen molar-refractivity contribution in [2.24, 2.45) is 0 Å². The highest BCUT2D eigenvalue weighted by Crippen LogP contribution is 2.39. The highest BCUT2D eigenvalue weighted by atomic mass is 35.5. The molecule has 0 saturated carbocycles. The molecular formula is C24H23ClN2O7S. The Morgan fingerprint density at radius 1 is 1.14 bits per heavy atom. The van der Waals surface area contributed by atoms with Gasteiger partial charge in [-0.15, -0.1) is 11.3 Å². The molecule has 0 aliphatic heterocycles. The zero-order chi connectivity index (χ0) is 25.7. The summed E-state index contributed by atoms with van der Waals surface area (Å²) in [6.07, 6.45) is 1.62. The largest absolute Gasteiger partial charge is 0.465 e. The molecule has 9 nitrogen and oxygen atoms in total. The third-order valence-corrected chi connectivity index (χ3v) is 7.03. The van der Waals surface area contributed by atoms with Gasteiger partial charge < -0.3 is 14.8 Å². The number of Topliss-reactive ketones (excluding diaryl/α,β-unsaturated/α-hetero) is 1. The van der Waals surface area contributed by atoms with Crippen molar-refractivity contribution in [3.05, 3.63) is 67.5 Å². The van der Waals surface area contributed by atoms with Gasteiger partial charge in [-0.1, -0.05) is 43.1 Å². The van der Waals surface area contributed by atoms with Crippen LogP contribution >= 0.6 is 22.9 Å². The number of nitrogens with zero attached hydrogens (tertiary/aromatic N) is 1. The number of ether oxygens (including phenoxy) is 2. The molecule has 0 amide bonds. The molecule has 35 heavy (non-hydrogen) atoms. The SMILES string of the molecule is CCCCC(=O)C(Nc1c(C(=O)OC)cccc1[N+](=O)[O-])c1ccc2c(Cl)c(C(=O)OC)sc2c1. The van der Waals surface area contributed by atoms with Crippen molar-refractivity contribution in [2.45, 2.75) is 32.2 Å². The lowest BCUT2D eigenvalue weighted by Crippen LogP contribution is -2.23. The van der Waals surface area contributed by atoms with Crippen LogP contribution in [0.3, 0.4) is 0 Å². The van der Waals surface area contributed by atoms with Crippen molar-refractivity contribution in [3.8, 4) is 0 Å². The van der Waals surface area contributed by atoms with Crippen molar-refractivity contribution in [2.75, 3.05) is 19.5 Å². The summed E-state index contributed by atoms with van der Waals surface area (Å²) in [5, 5.41) is 15.5. The molecule has 0 radical (unpaired) electrons. The number of rotatable bonds is 10. The van der Waals surface area contributed by atoms with Crippen LogP contribution in [0.25, 0.3) is 10.1 Å². The lowest BCUT2D eigenvalue weighted by molar-refractivity contribution is -0.384. The molecule has 0 fully saturated rings. The van der Waals surface area contributed by atoms with E-state index in [1.165, 1.54) is 32.4 Å². The van der Waals surface area contributed by atoms with Gasteiger partial charge in [-0.05, 0) is 24.1 Å². The van der Waals surface area contributed by atoms with E-state index in [-0.39, 0.29) is 39.0 Å². The van der Waals surface area contributed by atoms with Crippen molar-refractivity contribution in [1.82, 2.24) is 0 Å². The highest BCUT2D eigenvalue weighted by molar-refractivity contribution is 7.21. The fourth-order valence-electron chi connectivity index (χ4n) is 3.60. The Balaban J connectivity index is 2.15. The molecule has 2 aromatic carbocycles. The first kappa shape index (κ1) is 26.1. The van der Waals surface area contributed by atoms with Crippen LogP contribution in [-0.2, 0) is 14.3 Å². The van der Waals surface area contributed by atoms with Gasteiger partial charge >= 0.3 is 11.9 Å². The Hall–Kier alpha value is -3.50. The predicted molar refractivity (Wildman–Crippen MR) is 134 cm³/mol. The molecule has 0 aliphatic carbocycles. The van der Waals surface area contributed by atoms with E-state index in [1.807, 2.05) is 6.92 Å². The van der Waals surface area contributed by atoms with Gasteiger partial charge in [-0.25, -0.2) is 9.59 Å². The molecule has 184 valence electrons. The standard InChI is InChI=1S/C24H23ClN2O7S/c1-4-5-9-17(28)20(26-21-15(23(29)33-2)7-6-8-16(21)27(31)32)13-10-11-14-18(12-13)35-22(19(14)25)24(30)34-3/h6-8,10-12,20,26H,4-5,9H2,1-3H3. The van der Waals surface area contributed by atoms with Crippen LogP contribution in [-0.4, -0.2) is 36.9 Å². The molecule has 1 unspecified atom stereocenters. The molecule has 3 aromatic rings. The van der Waals surface area contributed by atoms with Crippen LogP contribution in [0.15, 0.2) is 36.4 Å². The average Bonchev–Trinajstić information content (AvgIpc) is 3.20. The van der Waals surface area contributed by atoms with Crippen molar-refractivity contribution >= 4 is 62.1 Å². The van der Waals surface area contributed by atoms with E-state index < -0.39 is 22.9 Å². The lowest BCUT2D eigenvalue weighted by atomic mass is 9.97. The number of carbonyl (C=O) groups excluding carboxylic acids is 3. The first-order valence-electron chi connectivity index (χ1n) is 10.7. The number of anilines is 1. The third kappa shape index (κ3) is 5.44. The van der Waals surface area contributed by atoms with Crippen molar-refractivity contribution in [1.29, 1.82) is 0 Å². The normalized spacial score (nSPS) is 11.7. The highest BCUT2D eigenvalue weighted by Gasteiger charge is 2.29. The minimum atomic E-state index is -1.00. The number of nitro groups is 1. The van der Waals surface area contributed by atoms with Crippen LogP contribution in [0.2, 0.25) is 5.02 Å². The third-order valence-electron chi connectivity index (χ3n) is 5.39. The van der Waals surface area contributed by atoms with Crippen LogP contribution < -0.4 is 5.32 Å². The maximum Gasteiger partial charge on any atom is 0.349 e. The summed E-state index contributed by atoms with van der Waals surface area (Å²) in [7, 11) is 2.43. The number of nitrogens with one attached hydrogen (secondary N) is 1. The number of carbonyl (C=O) groups is 3. The first-order valence-corrected chi connectivity index (χ1v) is 11.9. The number of halogens is 1. The minimum absolute atomic E-state index is 0.0665. The molecular weight excluding hydrogens is 496 g/mol. The van der Waals surface area contributed by atoms with Gasteiger partial charge in [-0.2, -0.15) is 0 Å². The summed E-state index contributed by atoms with van der Waals surface area (Å²) in [4.78, 5) is 49.0. The molecule has 1 N–H and O–H groups in total. The summed E-state index contributed by atoms with van der Waals surface area (Å²) < 4.78 is 10.2. The first-order chi connectivity index (χ1) is 16.7. The minimum Gasteiger partial charge on any atom is -0.465 e. The monoisotopic (exact) mass is 518 g/mol. The van der Waals surface area contributed by atoms with Gasteiger partial charge in [-0.3, -0.25) is 14.9 Å². The number of methoxy groups -OCH3 is 2. The quantitative estimate of drug-likeness (QED) is 0.198. The van der Waals surface area contributed by atoms with E-state index in [0.29, 0.717) is 22.1 Å². The molecule has 0 aliphatic rings. The molecule has 1 aromatic heterocycles. The van der Waals surface area contributed by atoms with E-state index >= 15 is 0 Å². The molecule has 1 heterocycles. The van der Waals surface area contributed by atoms with E-state index in [2.05, 4.69) is 5.32 Å². The Labute approximate surface area is 210 Å². The molecule has 0 spiro atoms. The average molecular weight is 519 g/mol. The number of nitro benzene ring substituents is 1. The summed E-state index contributed by atoms with van der Waals surface area (Å²) in [5.74, 6) is -1.57. The maximum atomic E-state index is 13.3. The summed E-state index contributed by atoms with van der Waals surface area (Å²) in [6, 6.07) is 8.04. The number of hydrogen-bond acceptors (Lipinski definition) is 9. The lowest BCUT2D eigenvalue weighted by Gasteiger charge is -2.21. The predicted octanol–water partition coefficient (Wildman–Crippen LogP) is 5.95. The fourth-order valence-corrected chi connectivity index (χ4v) is 5.07. The smallest absolute Gasteiger partial charge is 0.349 e. The topological polar surface area (TPSA) is 125 Å². The van der Waals surface area contributed by atoms with Crippen LogP contribution in [0, 0.1) is 10.1 Å². The second-order valence-corrected chi connectivity index (χ2v) is 9.02. The number of hydrogen-bond donors (Lipinski definition) is 1. The van der Waals surface area contributed by atoms with E-state index in [9.17, 15) is 24.5 Å². The molecule has 11 heteroatoms. The molecule has 3 rings (SSSR count). The second kappa shape index (κ2) is 11.3. The summed E-state index contributed by atoms with van der Waals surface area (Å²) in [6.45, 7) is 1.95. The number of unbranched alkanes of at least 4 members (excludes halogenated alkanes) is 1. The zero-order valence-electron chi connectivity index (χ0n) is 19.3. The molecule has 1 atom stereocenters. The van der Waals surface area contributed by atoms with Gasteiger partial charge in [0.2, 0.25) is 0 Å². The molecule has 0 bridgehead atoms. The van der Waals surface area contributed by atoms with E-state index in [0.717, 1.165) is 17.8 Å². The number of ketones is 1. The van der Waals surface area contributed by atoms with Crippen molar-refractivity contribution < 1.29 is 28.8 Å². The zero-order valence-corrected chi connectivity index (χ0v) is 20.8. The van der Waals surface area contributed by atoms with Crippen LogP contribution in [0.5, 0.6) is 0 Å². The number of para-hydroxylation sites is 1. The Kier molecular flexibility index (Phi) is 8.42. The Morgan fingerprint density at radius 2 is 1.86 bits per heavy atom. The summed E-state index contributed by atoms with van der Waals surface area (Å²) >= 11 is 7.47.